The van der Waals surface area contributed by atoms with Crippen LogP contribution in [0.3, 0.4) is 0 Å². The molecule has 0 spiro atoms. The number of hydrogen-bond acceptors (Lipinski definition) is 6. The Morgan fingerprint density at radius 3 is 2.61 bits per heavy atom. The topological polar surface area (TPSA) is 119 Å². The lowest BCUT2D eigenvalue weighted by Crippen LogP contribution is -2.17. The van der Waals surface area contributed by atoms with E-state index in [1.54, 1.807) is 53.4 Å². The first-order chi connectivity index (χ1) is 15.2. The van der Waals surface area contributed by atoms with Gasteiger partial charge in [-0.2, -0.15) is 5.10 Å². The van der Waals surface area contributed by atoms with Crippen molar-refractivity contribution in [3.8, 4) is 28.5 Å². The average Bonchev–Trinajstić information content (AvgIpc) is 3.55. The van der Waals surface area contributed by atoms with Crippen molar-refractivity contribution < 1.29 is 13.7 Å². The zero-order valence-corrected chi connectivity index (χ0v) is 16.0. The predicted octanol–water partition coefficient (Wildman–Crippen LogP) is 3.73. The molecule has 9 nitrogen and oxygen atoms in total. The first-order valence-corrected chi connectivity index (χ1v) is 9.34. The lowest BCUT2D eigenvalue weighted by atomic mass is 10.2. The number of benzene rings is 2. The SMILES string of the molecule is O=C(Nc1cccc(-c2noc(=O)[nH]2)c1)c1cc(-c2ccco2)nn1-c1ccccc1. The fourth-order valence-corrected chi connectivity index (χ4v) is 3.15. The second-order valence-electron chi connectivity index (χ2n) is 6.62. The number of carbonyl (C=O) groups is 1. The lowest BCUT2D eigenvalue weighted by Gasteiger charge is -2.09. The highest BCUT2D eigenvalue weighted by Crippen LogP contribution is 2.24. The van der Waals surface area contributed by atoms with Crippen molar-refractivity contribution in [3.05, 3.63) is 95.3 Å². The van der Waals surface area contributed by atoms with Crippen LogP contribution in [0.15, 0.2) is 92.8 Å². The van der Waals surface area contributed by atoms with E-state index in [0.29, 0.717) is 28.4 Å². The first kappa shape index (κ1) is 18.4. The van der Waals surface area contributed by atoms with Crippen molar-refractivity contribution in [1.82, 2.24) is 19.9 Å². The van der Waals surface area contributed by atoms with E-state index in [2.05, 4.69) is 25.1 Å². The van der Waals surface area contributed by atoms with E-state index >= 15 is 0 Å². The van der Waals surface area contributed by atoms with E-state index in [1.807, 2.05) is 30.3 Å². The molecule has 3 heterocycles. The van der Waals surface area contributed by atoms with Crippen LogP contribution in [0.1, 0.15) is 10.5 Å². The van der Waals surface area contributed by atoms with Crippen LogP contribution in [0.2, 0.25) is 0 Å². The quantitative estimate of drug-likeness (QED) is 0.453. The molecule has 0 aliphatic heterocycles. The molecule has 0 unspecified atom stereocenters. The Morgan fingerprint density at radius 1 is 1.00 bits per heavy atom. The number of anilines is 1. The van der Waals surface area contributed by atoms with Crippen LogP contribution in [-0.4, -0.2) is 25.8 Å². The van der Waals surface area contributed by atoms with Crippen molar-refractivity contribution >= 4 is 11.6 Å². The van der Waals surface area contributed by atoms with Gasteiger partial charge in [0.15, 0.2) is 11.6 Å². The van der Waals surface area contributed by atoms with Crippen molar-refractivity contribution in [2.24, 2.45) is 0 Å². The van der Waals surface area contributed by atoms with Crippen LogP contribution in [0.4, 0.5) is 5.69 Å². The van der Waals surface area contributed by atoms with E-state index in [4.69, 9.17) is 4.42 Å². The predicted molar refractivity (Wildman–Crippen MR) is 112 cm³/mol. The van der Waals surface area contributed by atoms with E-state index in [0.717, 1.165) is 5.69 Å². The maximum absolute atomic E-state index is 13.1. The fourth-order valence-electron chi connectivity index (χ4n) is 3.15. The van der Waals surface area contributed by atoms with Gasteiger partial charge in [0.1, 0.15) is 11.4 Å². The Labute approximate surface area is 174 Å². The maximum Gasteiger partial charge on any atom is 0.439 e. The average molecular weight is 413 g/mol. The lowest BCUT2D eigenvalue weighted by molar-refractivity contribution is 0.101. The summed E-state index contributed by atoms with van der Waals surface area (Å²) in [5.74, 6) is -0.183. The van der Waals surface area contributed by atoms with Crippen molar-refractivity contribution in [3.63, 3.8) is 0 Å². The van der Waals surface area contributed by atoms with Gasteiger partial charge in [0.25, 0.3) is 5.91 Å². The van der Waals surface area contributed by atoms with Gasteiger partial charge in [-0.25, -0.2) is 9.48 Å². The van der Waals surface area contributed by atoms with Gasteiger partial charge in [0.2, 0.25) is 0 Å². The summed E-state index contributed by atoms with van der Waals surface area (Å²) in [6.45, 7) is 0. The number of amides is 1. The summed E-state index contributed by atoms with van der Waals surface area (Å²) in [6, 6.07) is 21.4. The molecule has 0 atom stereocenters. The molecule has 2 aromatic carbocycles. The number of carbonyl (C=O) groups excluding carboxylic acids is 1. The number of aromatic nitrogens is 4. The van der Waals surface area contributed by atoms with Crippen molar-refractivity contribution in [2.75, 3.05) is 5.32 Å². The Hall–Kier alpha value is -4.66. The zero-order valence-electron chi connectivity index (χ0n) is 16.0. The number of rotatable bonds is 5. The number of aromatic amines is 1. The Bertz CT molecular complexity index is 1400. The highest BCUT2D eigenvalue weighted by atomic mass is 16.5. The molecule has 31 heavy (non-hydrogen) atoms. The summed E-state index contributed by atoms with van der Waals surface area (Å²) in [7, 11) is 0. The zero-order chi connectivity index (χ0) is 21.2. The van der Waals surface area contributed by atoms with Crippen LogP contribution >= 0.6 is 0 Å². The van der Waals surface area contributed by atoms with E-state index in [1.165, 1.54) is 0 Å². The number of H-pyrrole nitrogens is 1. The molecular weight excluding hydrogens is 398 g/mol. The van der Waals surface area contributed by atoms with Crippen LogP contribution in [0.25, 0.3) is 28.5 Å². The molecule has 9 heteroatoms. The molecule has 0 aliphatic rings. The number of nitrogens with zero attached hydrogens (tertiary/aromatic N) is 3. The van der Waals surface area contributed by atoms with Gasteiger partial charge in [0.05, 0.1) is 12.0 Å². The van der Waals surface area contributed by atoms with E-state index in [-0.39, 0.29) is 11.7 Å². The van der Waals surface area contributed by atoms with Gasteiger partial charge in [-0.3, -0.25) is 14.3 Å². The van der Waals surface area contributed by atoms with Crippen LogP contribution < -0.4 is 11.1 Å². The molecule has 152 valence electrons. The molecule has 1 amide bonds. The van der Waals surface area contributed by atoms with Gasteiger partial charge >= 0.3 is 5.76 Å². The molecule has 5 aromatic rings. The second-order valence-corrected chi connectivity index (χ2v) is 6.62. The molecular formula is C22H15N5O4. The van der Waals surface area contributed by atoms with Crippen LogP contribution in [0.5, 0.6) is 0 Å². The molecule has 0 saturated heterocycles. The monoisotopic (exact) mass is 413 g/mol. The van der Waals surface area contributed by atoms with Crippen LogP contribution in [0, 0.1) is 0 Å². The Kier molecular flexibility index (Phi) is 4.53. The van der Waals surface area contributed by atoms with Crippen LogP contribution in [-0.2, 0) is 0 Å². The standard InChI is InChI=1S/C22H15N5O4/c28-21(23-15-7-4-6-14(12-15)20-24-22(29)31-26-20)18-13-17(19-10-5-11-30-19)25-27(18)16-8-2-1-3-9-16/h1-13H,(H,23,28)(H,24,26,29). The van der Waals surface area contributed by atoms with Gasteiger partial charge in [-0.15, -0.1) is 0 Å². The fraction of sp³-hybridized carbons (Fsp3) is 0. The molecule has 3 aromatic heterocycles. The number of nitrogens with one attached hydrogen (secondary N) is 2. The highest BCUT2D eigenvalue weighted by molar-refractivity contribution is 6.04. The molecule has 5 rings (SSSR count). The summed E-state index contributed by atoms with van der Waals surface area (Å²) in [5.41, 5.74) is 2.72. The Balaban J connectivity index is 1.50. The van der Waals surface area contributed by atoms with Gasteiger partial charge in [-0.05, 0) is 36.4 Å². The van der Waals surface area contributed by atoms with Gasteiger partial charge in [-0.1, -0.05) is 35.5 Å². The van der Waals surface area contributed by atoms with E-state index < -0.39 is 5.76 Å². The molecule has 0 bridgehead atoms. The minimum atomic E-state index is -0.651. The maximum atomic E-state index is 13.1. The first-order valence-electron chi connectivity index (χ1n) is 9.34. The number of hydrogen-bond donors (Lipinski definition) is 2. The third-order valence-corrected chi connectivity index (χ3v) is 4.55. The van der Waals surface area contributed by atoms with Crippen molar-refractivity contribution in [1.29, 1.82) is 0 Å². The smallest absolute Gasteiger partial charge is 0.439 e. The summed E-state index contributed by atoms with van der Waals surface area (Å²) in [5, 5.41) is 11.1. The summed E-state index contributed by atoms with van der Waals surface area (Å²) >= 11 is 0. The molecule has 2 N–H and O–H groups in total. The summed E-state index contributed by atoms with van der Waals surface area (Å²) < 4.78 is 11.5. The minimum absolute atomic E-state index is 0.274. The third-order valence-electron chi connectivity index (χ3n) is 4.55. The molecule has 0 radical (unpaired) electrons. The number of para-hydroxylation sites is 1. The van der Waals surface area contributed by atoms with Gasteiger partial charge in [0, 0.05) is 17.3 Å². The Morgan fingerprint density at radius 2 is 1.87 bits per heavy atom. The molecule has 0 aliphatic carbocycles. The normalized spacial score (nSPS) is 10.8. The summed E-state index contributed by atoms with van der Waals surface area (Å²) in [6.07, 6.45) is 1.55. The van der Waals surface area contributed by atoms with Gasteiger partial charge < -0.3 is 9.73 Å². The second kappa shape index (κ2) is 7.64. The highest BCUT2D eigenvalue weighted by Gasteiger charge is 2.19. The molecule has 0 saturated carbocycles. The largest absolute Gasteiger partial charge is 0.463 e. The van der Waals surface area contributed by atoms with Crippen molar-refractivity contribution in [2.45, 2.75) is 0 Å². The third kappa shape index (κ3) is 3.67. The minimum Gasteiger partial charge on any atom is -0.463 e. The van der Waals surface area contributed by atoms with E-state index in [9.17, 15) is 9.59 Å². The number of furan rings is 1. The molecule has 0 fully saturated rings. The summed E-state index contributed by atoms with van der Waals surface area (Å²) in [4.78, 5) is 26.8.